The minimum absolute atomic E-state index is 0.162. The average molecular weight is 413 g/mol. The molecule has 0 unspecified atom stereocenters. The Hall–Kier alpha value is -1.41. The lowest BCUT2D eigenvalue weighted by molar-refractivity contribution is -0.122. The summed E-state index contributed by atoms with van der Waals surface area (Å²) in [6.07, 6.45) is 2.61. The van der Waals surface area contributed by atoms with Crippen LogP contribution in [0.3, 0.4) is 0 Å². The van der Waals surface area contributed by atoms with E-state index in [4.69, 9.17) is 11.6 Å². The molecule has 1 amide bonds. The van der Waals surface area contributed by atoms with Gasteiger partial charge in [-0.2, -0.15) is 4.31 Å². The molecule has 140 valence electrons. The van der Waals surface area contributed by atoms with Gasteiger partial charge in [-0.1, -0.05) is 42.3 Å². The highest BCUT2D eigenvalue weighted by Gasteiger charge is 2.35. The molecule has 1 N–H and O–H groups in total. The third kappa shape index (κ3) is 4.46. The van der Waals surface area contributed by atoms with Crippen LogP contribution in [0, 0.1) is 0 Å². The van der Waals surface area contributed by atoms with Crippen LogP contribution in [-0.2, 0) is 21.4 Å². The molecule has 0 aliphatic carbocycles. The normalized spacial score (nSPS) is 18.6. The number of amides is 1. The number of hydrogen-bond acceptors (Lipinski definition) is 4. The smallest absolute Gasteiger partial charge is 0.252 e. The van der Waals surface area contributed by atoms with Crippen LogP contribution in [0.4, 0.5) is 0 Å². The minimum Gasteiger partial charge on any atom is -0.352 e. The summed E-state index contributed by atoms with van der Waals surface area (Å²) in [5.41, 5.74) is 0.842. The van der Waals surface area contributed by atoms with Gasteiger partial charge in [-0.3, -0.25) is 4.79 Å². The predicted molar refractivity (Wildman–Crippen MR) is 104 cm³/mol. The molecule has 3 rings (SSSR count). The largest absolute Gasteiger partial charge is 0.352 e. The first-order valence-electron chi connectivity index (χ1n) is 8.54. The van der Waals surface area contributed by atoms with E-state index in [-0.39, 0.29) is 18.4 Å². The van der Waals surface area contributed by atoms with Crippen molar-refractivity contribution in [2.45, 2.75) is 42.5 Å². The van der Waals surface area contributed by atoms with Crippen LogP contribution in [0.15, 0.2) is 46.0 Å². The monoisotopic (exact) mass is 412 g/mol. The lowest BCUT2D eigenvalue weighted by Gasteiger charge is -2.34. The first-order valence-corrected chi connectivity index (χ1v) is 11.2. The second-order valence-electron chi connectivity index (χ2n) is 6.27. The van der Waals surface area contributed by atoms with E-state index in [1.54, 1.807) is 23.6 Å². The first kappa shape index (κ1) is 19.4. The zero-order valence-corrected chi connectivity index (χ0v) is 16.6. The van der Waals surface area contributed by atoms with Crippen LogP contribution in [0.5, 0.6) is 0 Å². The molecule has 1 aromatic heterocycles. The van der Waals surface area contributed by atoms with Gasteiger partial charge in [-0.25, -0.2) is 8.42 Å². The van der Waals surface area contributed by atoms with Gasteiger partial charge in [0, 0.05) is 30.6 Å². The van der Waals surface area contributed by atoms with E-state index < -0.39 is 10.0 Å². The van der Waals surface area contributed by atoms with Gasteiger partial charge < -0.3 is 5.32 Å². The van der Waals surface area contributed by atoms with Crippen molar-refractivity contribution in [3.8, 4) is 0 Å². The fourth-order valence-electron chi connectivity index (χ4n) is 3.14. The summed E-state index contributed by atoms with van der Waals surface area (Å²) in [5, 5.41) is 5.21. The molecule has 1 saturated heterocycles. The lowest BCUT2D eigenvalue weighted by atomic mass is 10.0. The van der Waals surface area contributed by atoms with E-state index in [0.29, 0.717) is 28.7 Å². The molecule has 5 nitrogen and oxygen atoms in total. The predicted octanol–water partition coefficient (Wildman–Crippen LogP) is 3.65. The van der Waals surface area contributed by atoms with Crippen molar-refractivity contribution < 1.29 is 13.2 Å². The number of rotatable bonds is 6. The number of benzene rings is 1. The molecular formula is C18H21ClN2O3S2. The van der Waals surface area contributed by atoms with Gasteiger partial charge in [0.15, 0.2) is 0 Å². The zero-order chi connectivity index (χ0) is 18.6. The number of sulfonamides is 1. The second-order valence-corrected chi connectivity index (χ2v) is 9.74. The minimum atomic E-state index is -3.54. The van der Waals surface area contributed by atoms with Crippen LogP contribution in [0.1, 0.15) is 31.2 Å². The number of nitrogens with one attached hydrogen (secondary N) is 1. The van der Waals surface area contributed by atoms with Crippen molar-refractivity contribution >= 4 is 38.9 Å². The molecule has 0 spiro atoms. The van der Waals surface area contributed by atoms with Gasteiger partial charge in [0.25, 0.3) is 10.0 Å². The zero-order valence-electron chi connectivity index (χ0n) is 14.2. The number of hydrogen-bond donors (Lipinski definition) is 1. The standard InChI is InChI=1S/C18H21ClN2O3S2/c19-16-8-2-1-6-14(16)13-20-17(22)12-15-7-3-4-10-21(15)26(23,24)18-9-5-11-25-18/h1-2,5-6,8-9,11,15H,3-4,7,10,12-13H2,(H,20,22)/t15-/m0/s1. The van der Waals surface area contributed by atoms with Gasteiger partial charge in [0.05, 0.1) is 0 Å². The number of carbonyl (C=O) groups excluding carboxylic acids is 1. The molecule has 1 fully saturated rings. The number of piperidine rings is 1. The highest BCUT2D eigenvalue weighted by molar-refractivity contribution is 7.91. The van der Waals surface area contributed by atoms with Crippen LogP contribution >= 0.6 is 22.9 Å². The Labute approximate surface area is 163 Å². The van der Waals surface area contributed by atoms with E-state index in [1.165, 1.54) is 15.6 Å². The fraction of sp³-hybridized carbons (Fsp3) is 0.389. The molecule has 1 aliphatic rings. The van der Waals surface area contributed by atoms with Gasteiger partial charge in [-0.15, -0.1) is 11.3 Å². The van der Waals surface area contributed by atoms with Crippen molar-refractivity contribution in [3.05, 3.63) is 52.4 Å². The summed E-state index contributed by atoms with van der Waals surface area (Å²) >= 11 is 7.31. The van der Waals surface area contributed by atoms with Crippen molar-refractivity contribution in [1.82, 2.24) is 9.62 Å². The Morgan fingerprint density at radius 2 is 2.04 bits per heavy atom. The number of thiophene rings is 1. The quantitative estimate of drug-likeness (QED) is 0.787. The number of nitrogens with zero attached hydrogens (tertiary/aromatic N) is 1. The van der Waals surface area contributed by atoms with E-state index >= 15 is 0 Å². The maximum absolute atomic E-state index is 12.9. The summed E-state index contributed by atoms with van der Waals surface area (Å²) < 4.78 is 27.5. The van der Waals surface area contributed by atoms with E-state index in [2.05, 4.69) is 5.32 Å². The summed E-state index contributed by atoms with van der Waals surface area (Å²) in [7, 11) is -3.54. The van der Waals surface area contributed by atoms with Gasteiger partial charge in [0.1, 0.15) is 4.21 Å². The van der Waals surface area contributed by atoms with Gasteiger partial charge in [-0.05, 0) is 35.9 Å². The molecule has 2 heterocycles. The van der Waals surface area contributed by atoms with Crippen LogP contribution in [0.2, 0.25) is 5.02 Å². The van der Waals surface area contributed by atoms with Crippen LogP contribution < -0.4 is 5.32 Å². The van der Waals surface area contributed by atoms with Gasteiger partial charge >= 0.3 is 0 Å². The summed E-state index contributed by atoms with van der Waals surface area (Å²) in [4.78, 5) is 12.4. The van der Waals surface area contributed by atoms with Crippen molar-refractivity contribution in [1.29, 1.82) is 0 Å². The molecular weight excluding hydrogens is 392 g/mol. The molecule has 0 saturated carbocycles. The Kier molecular flexibility index (Phi) is 6.34. The summed E-state index contributed by atoms with van der Waals surface area (Å²) in [5.74, 6) is -0.164. The molecule has 0 radical (unpaired) electrons. The molecule has 8 heteroatoms. The molecule has 1 atom stereocenters. The molecule has 1 aliphatic heterocycles. The molecule has 1 aromatic carbocycles. The highest BCUT2D eigenvalue weighted by atomic mass is 35.5. The maximum atomic E-state index is 12.9. The number of halogens is 1. The summed E-state index contributed by atoms with van der Waals surface area (Å²) in [6, 6.07) is 10.4. The Balaban J connectivity index is 1.65. The molecule has 2 aromatic rings. The molecule has 26 heavy (non-hydrogen) atoms. The lowest BCUT2D eigenvalue weighted by Crippen LogP contribution is -2.45. The molecule has 0 bridgehead atoms. The number of carbonyl (C=O) groups is 1. The maximum Gasteiger partial charge on any atom is 0.252 e. The third-order valence-corrected chi connectivity index (χ3v) is 8.18. The first-order chi connectivity index (χ1) is 12.5. The van der Waals surface area contributed by atoms with E-state index in [9.17, 15) is 13.2 Å². The Bertz CT molecular complexity index is 853. The Morgan fingerprint density at radius 1 is 1.23 bits per heavy atom. The van der Waals surface area contributed by atoms with E-state index in [0.717, 1.165) is 18.4 Å². The van der Waals surface area contributed by atoms with Gasteiger partial charge in [0.2, 0.25) is 5.91 Å². The van der Waals surface area contributed by atoms with E-state index in [1.807, 2.05) is 18.2 Å². The van der Waals surface area contributed by atoms with Crippen molar-refractivity contribution in [3.63, 3.8) is 0 Å². The van der Waals surface area contributed by atoms with Crippen LogP contribution in [0.25, 0.3) is 0 Å². The van der Waals surface area contributed by atoms with Crippen molar-refractivity contribution in [2.24, 2.45) is 0 Å². The third-order valence-electron chi connectivity index (χ3n) is 4.49. The highest BCUT2D eigenvalue weighted by Crippen LogP contribution is 2.29. The topological polar surface area (TPSA) is 66.5 Å². The SMILES string of the molecule is O=C(C[C@@H]1CCCCN1S(=O)(=O)c1cccs1)NCc1ccccc1Cl. The summed E-state index contributed by atoms with van der Waals surface area (Å²) in [6.45, 7) is 0.797. The fourth-order valence-corrected chi connectivity index (χ4v) is 6.16. The average Bonchev–Trinajstić information content (AvgIpc) is 3.17. The second kappa shape index (κ2) is 8.52. The van der Waals surface area contributed by atoms with Crippen LogP contribution in [-0.4, -0.2) is 31.2 Å². The Morgan fingerprint density at radius 3 is 2.77 bits per heavy atom. The van der Waals surface area contributed by atoms with Crippen molar-refractivity contribution in [2.75, 3.05) is 6.54 Å².